The molecule has 106 valence electrons. The Hall–Kier alpha value is -2.22. The fourth-order valence-electron chi connectivity index (χ4n) is 1.45. The lowest BCUT2D eigenvalue weighted by Gasteiger charge is -2.08. The van der Waals surface area contributed by atoms with E-state index in [0.717, 1.165) is 13.0 Å². The van der Waals surface area contributed by atoms with Crippen molar-refractivity contribution in [1.82, 2.24) is 30.9 Å². The second-order valence-corrected chi connectivity index (χ2v) is 4.40. The highest BCUT2D eigenvalue weighted by molar-refractivity contribution is 6.33. The van der Waals surface area contributed by atoms with Crippen LogP contribution in [0, 0.1) is 0 Å². The van der Waals surface area contributed by atoms with Crippen LogP contribution in [0.5, 0.6) is 0 Å². The van der Waals surface area contributed by atoms with Gasteiger partial charge in [0.2, 0.25) is 0 Å². The van der Waals surface area contributed by atoms with Crippen LogP contribution < -0.4 is 10.6 Å². The summed E-state index contributed by atoms with van der Waals surface area (Å²) in [7, 11) is 0. The van der Waals surface area contributed by atoms with E-state index < -0.39 is 0 Å². The Morgan fingerprint density at radius 2 is 2.35 bits per heavy atom. The number of pyridine rings is 1. The average molecular weight is 296 g/mol. The van der Waals surface area contributed by atoms with Crippen LogP contribution in [0.15, 0.2) is 12.3 Å². The Bertz CT molecular complexity index is 572. The van der Waals surface area contributed by atoms with Crippen LogP contribution in [0.1, 0.15) is 29.5 Å². The number of halogens is 1. The molecule has 1 amide bonds. The highest BCUT2D eigenvalue weighted by atomic mass is 35.5. The summed E-state index contributed by atoms with van der Waals surface area (Å²) in [5.41, 5.74) is 0.376. The molecule has 0 bridgehead atoms. The molecule has 0 unspecified atom stereocenters. The van der Waals surface area contributed by atoms with Crippen molar-refractivity contribution in [2.24, 2.45) is 0 Å². The molecule has 3 N–H and O–H groups in total. The number of carbonyl (C=O) groups is 1. The highest BCUT2D eigenvalue weighted by Gasteiger charge is 2.10. The molecule has 0 radical (unpaired) electrons. The first-order valence-electron chi connectivity index (χ1n) is 6.10. The van der Waals surface area contributed by atoms with E-state index in [2.05, 4.69) is 36.2 Å². The van der Waals surface area contributed by atoms with E-state index in [1.807, 2.05) is 6.92 Å². The van der Waals surface area contributed by atoms with Crippen molar-refractivity contribution in [1.29, 1.82) is 0 Å². The lowest BCUT2D eigenvalue weighted by Crippen LogP contribution is -2.23. The molecule has 2 aromatic rings. The van der Waals surface area contributed by atoms with Crippen LogP contribution in [0.3, 0.4) is 0 Å². The summed E-state index contributed by atoms with van der Waals surface area (Å²) >= 11 is 6.06. The molecular weight excluding hydrogens is 282 g/mol. The van der Waals surface area contributed by atoms with Crippen LogP contribution >= 0.6 is 11.6 Å². The van der Waals surface area contributed by atoms with Gasteiger partial charge in [-0.3, -0.25) is 4.79 Å². The number of amides is 1. The molecule has 0 saturated carbocycles. The molecule has 0 aliphatic carbocycles. The number of hydrogen-bond donors (Lipinski definition) is 3. The van der Waals surface area contributed by atoms with Gasteiger partial charge in [-0.15, -0.1) is 10.2 Å². The topological polar surface area (TPSA) is 108 Å². The first-order chi connectivity index (χ1) is 9.70. The zero-order valence-corrected chi connectivity index (χ0v) is 11.6. The Balaban J connectivity index is 1.97. The summed E-state index contributed by atoms with van der Waals surface area (Å²) in [4.78, 5) is 16.0. The van der Waals surface area contributed by atoms with Gasteiger partial charge >= 0.3 is 0 Å². The molecular formula is C11H14ClN7O. The fraction of sp³-hybridized carbons (Fsp3) is 0.364. The Kier molecular flexibility index (Phi) is 4.83. The van der Waals surface area contributed by atoms with Crippen LogP contribution in [0.4, 0.5) is 5.82 Å². The maximum atomic E-state index is 11.9. The summed E-state index contributed by atoms with van der Waals surface area (Å²) in [5, 5.41) is 19.3. The number of rotatable bonds is 6. The molecule has 8 nitrogen and oxygen atoms in total. The second kappa shape index (κ2) is 6.80. The van der Waals surface area contributed by atoms with E-state index in [-0.39, 0.29) is 12.5 Å². The molecule has 0 aliphatic rings. The third-order valence-corrected chi connectivity index (χ3v) is 2.73. The summed E-state index contributed by atoms with van der Waals surface area (Å²) in [6.45, 7) is 3.00. The second-order valence-electron chi connectivity index (χ2n) is 3.99. The van der Waals surface area contributed by atoms with E-state index in [1.165, 1.54) is 6.20 Å². The molecule has 0 aromatic carbocycles. The highest BCUT2D eigenvalue weighted by Crippen LogP contribution is 2.19. The number of H-pyrrole nitrogens is 1. The third kappa shape index (κ3) is 3.64. The van der Waals surface area contributed by atoms with Crippen molar-refractivity contribution in [3.63, 3.8) is 0 Å². The van der Waals surface area contributed by atoms with Gasteiger partial charge in [0.15, 0.2) is 5.82 Å². The van der Waals surface area contributed by atoms with Crippen molar-refractivity contribution in [2.75, 3.05) is 11.9 Å². The zero-order valence-electron chi connectivity index (χ0n) is 10.9. The van der Waals surface area contributed by atoms with Gasteiger partial charge in [-0.25, -0.2) is 4.98 Å². The summed E-state index contributed by atoms with van der Waals surface area (Å²) in [6.07, 6.45) is 2.43. The lowest BCUT2D eigenvalue weighted by atomic mass is 10.2. The first kappa shape index (κ1) is 14.2. The van der Waals surface area contributed by atoms with Gasteiger partial charge in [-0.1, -0.05) is 23.7 Å². The van der Waals surface area contributed by atoms with Crippen LogP contribution in [0.25, 0.3) is 0 Å². The molecule has 2 aromatic heterocycles. The molecule has 9 heteroatoms. The number of tetrazole rings is 1. The third-order valence-electron chi connectivity index (χ3n) is 2.44. The molecule has 0 atom stereocenters. The molecule has 2 heterocycles. The van der Waals surface area contributed by atoms with Crippen LogP contribution in [0.2, 0.25) is 5.02 Å². The van der Waals surface area contributed by atoms with Crippen molar-refractivity contribution in [3.05, 3.63) is 28.7 Å². The molecule has 0 aliphatic heterocycles. The maximum absolute atomic E-state index is 11.9. The van der Waals surface area contributed by atoms with E-state index >= 15 is 0 Å². The molecule has 2 rings (SSSR count). The summed E-state index contributed by atoms with van der Waals surface area (Å²) < 4.78 is 0. The molecule has 0 saturated heterocycles. The van der Waals surface area contributed by atoms with Crippen molar-refractivity contribution in [2.45, 2.75) is 19.9 Å². The quantitative estimate of drug-likeness (QED) is 0.733. The van der Waals surface area contributed by atoms with Crippen molar-refractivity contribution < 1.29 is 4.79 Å². The maximum Gasteiger partial charge on any atom is 0.253 e. The van der Waals surface area contributed by atoms with Crippen LogP contribution in [-0.4, -0.2) is 38.1 Å². The summed E-state index contributed by atoms with van der Waals surface area (Å²) in [6, 6.07) is 1.57. The normalized spacial score (nSPS) is 10.3. The Morgan fingerprint density at radius 3 is 3.00 bits per heavy atom. The van der Waals surface area contributed by atoms with E-state index in [0.29, 0.717) is 22.2 Å². The number of hydrogen-bond acceptors (Lipinski definition) is 6. The Morgan fingerprint density at radius 1 is 1.50 bits per heavy atom. The van der Waals surface area contributed by atoms with Gasteiger partial charge in [-0.2, -0.15) is 5.21 Å². The number of aromatic amines is 1. The van der Waals surface area contributed by atoms with E-state index in [9.17, 15) is 4.79 Å². The van der Waals surface area contributed by atoms with Crippen molar-refractivity contribution >= 4 is 23.3 Å². The Labute approximate surface area is 120 Å². The predicted molar refractivity (Wildman–Crippen MR) is 73.4 cm³/mol. The predicted octanol–water partition coefficient (Wildman–Crippen LogP) is 1.000. The summed E-state index contributed by atoms with van der Waals surface area (Å²) in [5.74, 6) is 0.674. The monoisotopic (exact) mass is 295 g/mol. The van der Waals surface area contributed by atoms with E-state index in [1.54, 1.807) is 6.07 Å². The van der Waals surface area contributed by atoms with Gasteiger partial charge < -0.3 is 10.6 Å². The lowest BCUT2D eigenvalue weighted by molar-refractivity contribution is 0.0949. The minimum Gasteiger partial charge on any atom is -0.369 e. The van der Waals surface area contributed by atoms with Gasteiger partial charge in [0.25, 0.3) is 5.91 Å². The number of nitrogens with one attached hydrogen (secondary N) is 3. The largest absolute Gasteiger partial charge is 0.369 e. The molecule has 20 heavy (non-hydrogen) atoms. The number of anilines is 1. The standard InChI is InChI=1S/C11H14ClN7O/c1-2-3-13-10-8(12)4-7(5-14-10)11(20)15-6-9-16-18-19-17-9/h4-5H,2-3,6H2,1H3,(H,13,14)(H,15,20)(H,16,17,18,19). The minimum atomic E-state index is -0.300. The number of aromatic nitrogens is 5. The molecule has 0 fully saturated rings. The molecule has 0 spiro atoms. The number of nitrogens with zero attached hydrogens (tertiary/aromatic N) is 4. The van der Waals surface area contributed by atoms with E-state index in [4.69, 9.17) is 11.6 Å². The smallest absolute Gasteiger partial charge is 0.253 e. The van der Waals surface area contributed by atoms with Crippen LogP contribution in [-0.2, 0) is 6.54 Å². The van der Waals surface area contributed by atoms with Crippen molar-refractivity contribution in [3.8, 4) is 0 Å². The average Bonchev–Trinajstić information content (AvgIpc) is 2.96. The number of carbonyl (C=O) groups excluding carboxylic acids is 1. The fourth-order valence-corrected chi connectivity index (χ4v) is 1.69. The minimum absolute atomic E-state index is 0.183. The first-order valence-corrected chi connectivity index (χ1v) is 6.48. The zero-order chi connectivity index (χ0) is 14.4. The van der Waals surface area contributed by atoms with Gasteiger partial charge in [0, 0.05) is 12.7 Å². The van der Waals surface area contributed by atoms with Gasteiger partial charge in [0.1, 0.15) is 5.82 Å². The van der Waals surface area contributed by atoms with Gasteiger partial charge in [0.05, 0.1) is 17.1 Å². The SMILES string of the molecule is CCCNc1ncc(C(=O)NCc2nn[nH]n2)cc1Cl. The van der Waals surface area contributed by atoms with Gasteiger partial charge in [-0.05, 0) is 12.5 Å².